The van der Waals surface area contributed by atoms with Crippen LogP contribution in [0, 0.1) is 0 Å². The zero-order chi connectivity index (χ0) is 21.0. The number of hydrogen-bond acceptors (Lipinski definition) is 6. The Morgan fingerprint density at radius 1 is 1.14 bits per heavy atom. The monoisotopic (exact) mass is 428 g/mol. The molecule has 2 rings (SSSR count). The van der Waals surface area contributed by atoms with E-state index in [1.807, 2.05) is 30.3 Å². The second kappa shape index (κ2) is 9.09. The van der Waals surface area contributed by atoms with Gasteiger partial charge in [0.25, 0.3) is 10.1 Å². The standard InChI is InChI=1S/C20H32O6SSi/c1-20(2,3)28(5,6)26-17-12-13-24-18(19(17)25-27(4,21)22)15-23-14-16-10-8-7-9-11-16/h7-13,17-19H,14-15H2,1-6H3/t17-,18+,19+/m0/s1. The highest BCUT2D eigenvalue weighted by atomic mass is 32.2. The van der Waals surface area contributed by atoms with E-state index in [4.69, 9.17) is 18.1 Å². The van der Waals surface area contributed by atoms with Gasteiger partial charge >= 0.3 is 0 Å². The van der Waals surface area contributed by atoms with Crippen LogP contribution in [0.25, 0.3) is 0 Å². The zero-order valence-corrected chi connectivity index (χ0v) is 19.4. The maximum atomic E-state index is 11.9. The van der Waals surface area contributed by atoms with Gasteiger partial charge in [0, 0.05) is 0 Å². The van der Waals surface area contributed by atoms with Crippen molar-refractivity contribution in [1.82, 2.24) is 0 Å². The Morgan fingerprint density at radius 2 is 1.79 bits per heavy atom. The van der Waals surface area contributed by atoms with Crippen molar-refractivity contribution in [2.24, 2.45) is 0 Å². The lowest BCUT2D eigenvalue weighted by atomic mass is 10.1. The summed E-state index contributed by atoms with van der Waals surface area (Å²) in [5.74, 6) is 0. The van der Waals surface area contributed by atoms with Gasteiger partial charge in [-0.2, -0.15) is 8.42 Å². The van der Waals surface area contributed by atoms with E-state index in [0.717, 1.165) is 11.8 Å². The molecule has 1 aromatic carbocycles. The second-order valence-electron chi connectivity index (χ2n) is 8.61. The maximum Gasteiger partial charge on any atom is 0.264 e. The Kier molecular flexibility index (Phi) is 7.49. The first-order valence-electron chi connectivity index (χ1n) is 9.39. The van der Waals surface area contributed by atoms with Gasteiger partial charge in [0.2, 0.25) is 0 Å². The third-order valence-electron chi connectivity index (χ3n) is 5.13. The number of benzene rings is 1. The summed E-state index contributed by atoms with van der Waals surface area (Å²) in [5, 5.41) is -0.0198. The van der Waals surface area contributed by atoms with Crippen LogP contribution in [0.4, 0.5) is 0 Å². The fraction of sp³-hybridized carbons (Fsp3) is 0.600. The third kappa shape index (κ3) is 6.70. The molecule has 0 bridgehead atoms. The van der Waals surface area contributed by atoms with Gasteiger partial charge in [-0.05, 0) is 29.8 Å². The highest BCUT2D eigenvalue weighted by Gasteiger charge is 2.44. The van der Waals surface area contributed by atoms with Crippen molar-refractivity contribution in [1.29, 1.82) is 0 Å². The largest absolute Gasteiger partial charge is 0.493 e. The van der Waals surface area contributed by atoms with E-state index in [0.29, 0.717) is 6.61 Å². The Hall–Kier alpha value is -1.19. The minimum absolute atomic E-state index is 0.0198. The minimum Gasteiger partial charge on any atom is -0.493 e. The molecule has 0 N–H and O–H groups in total. The van der Waals surface area contributed by atoms with Crippen molar-refractivity contribution in [2.75, 3.05) is 12.9 Å². The lowest BCUT2D eigenvalue weighted by Crippen LogP contribution is -2.52. The molecule has 8 heteroatoms. The van der Waals surface area contributed by atoms with Crippen LogP contribution in [0.3, 0.4) is 0 Å². The summed E-state index contributed by atoms with van der Waals surface area (Å²) in [7, 11) is -5.84. The Morgan fingerprint density at radius 3 is 2.36 bits per heavy atom. The fourth-order valence-corrected chi connectivity index (χ4v) is 4.45. The zero-order valence-electron chi connectivity index (χ0n) is 17.5. The summed E-state index contributed by atoms with van der Waals surface area (Å²) in [6, 6.07) is 9.76. The highest BCUT2D eigenvalue weighted by Crippen LogP contribution is 2.38. The number of rotatable bonds is 8. The summed E-state index contributed by atoms with van der Waals surface area (Å²) in [4.78, 5) is 0. The molecule has 0 radical (unpaired) electrons. The van der Waals surface area contributed by atoms with Crippen molar-refractivity contribution in [3.05, 3.63) is 48.2 Å². The van der Waals surface area contributed by atoms with E-state index >= 15 is 0 Å². The van der Waals surface area contributed by atoms with Crippen LogP contribution in [0.15, 0.2) is 42.7 Å². The first-order valence-corrected chi connectivity index (χ1v) is 14.1. The molecular weight excluding hydrogens is 396 g/mol. The van der Waals surface area contributed by atoms with Gasteiger partial charge in [0.05, 0.1) is 31.8 Å². The van der Waals surface area contributed by atoms with E-state index < -0.39 is 36.7 Å². The van der Waals surface area contributed by atoms with Crippen molar-refractivity contribution in [3.8, 4) is 0 Å². The quantitative estimate of drug-likeness (QED) is 0.463. The lowest BCUT2D eigenvalue weighted by molar-refractivity contribution is -0.0789. The van der Waals surface area contributed by atoms with E-state index in [9.17, 15) is 8.42 Å². The summed E-state index contributed by atoms with van der Waals surface area (Å²) in [6.07, 6.45) is 2.41. The van der Waals surface area contributed by atoms with Crippen molar-refractivity contribution >= 4 is 18.4 Å². The summed E-state index contributed by atoms with van der Waals surface area (Å²) < 4.78 is 46.9. The molecule has 158 valence electrons. The van der Waals surface area contributed by atoms with Crippen LogP contribution in [0.2, 0.25) is 18.1 Å². The van der Waals surface area contributed by atoms with E-state index in [1.165, 1.54) is 0 Å². The Bertz CT molecular complexity index is 755. The highest BCUT2D eigenvalue weighted by molar-refractivity contribution is 7.86. The fourth-order valence-electron chi connectivity index (χ4n) is 2.57. The van der Waals surface area contributed by atoms with Crippen molar-refractivity contribution < 1.29 is 26.5 Å². The summed E-state index contributed by atoms with van der Waals surface area (Å²) in [6.45, 7) is 11.2. The maximum absolute atomic E-state index is 11.9. The Balaban J connectivity index is 2.12. The molecule has 28 heavy (non-hydrogen) atoms. The average molecular weight is 429 g/mol. The van der Waals surface area contributed by atoms with Crippen LogP contribution < -0.4 is 0 Å². The molecule has 0 aliphatic carbocycles. The van der Waals surface area contributed by atoms with Crippen LogP contribution in [0.1, 0.15) is 26.3 Å². The van der Waals surface area contributed by atoms with Crippen molar-refractivity contribution in [3.63, 3.8) is 0 Å². The number of ether oxygens (including phenoxy) is 2. The molecule has 0 spiro atoms. The predicted molar refractivity (Wildman–Crippen MR) is 112 cm³/mol. The predicted octanol–water partition coefficient (Wildman–Crippen LogP) is 3.85. The molecule has 0 saturated heterocycles. The third-order valence-corrected chi connectivity index (χ3v) is 10.2. The van der Waals surface area contributed by atoms with Crippen LogP contribution in [-0.4, -0.2) is 47.9 Å². The topological polar surface area (TPSA) is 71.1 Å². The first-order chi connectivity index (χ1) is 12.9. The summed E-state index contributed by atoms with van der Waals surface area (Å²) in [5.41, 5.74) is 1.03. The van der Waals surface area contributed by atoms with Gasteiger partial charge in [0.15, 0.2) is 14.4 Å². The molecule has 3 atom stereocenters. The SMILES string of the molecule is CC(C)(C)[Si](C)(C)O[C@H]1C=CO[C@H](COCc2ccccc2)[C@@H]1OS(C)(=O)=O. The molecule has 0 amide bonds. The van der Waals surface area contributed by atoms with E-state index in [1.54, 1.807) is 12.3 Å². The van der Waals surface area contributed by atoms with E-state index in [2.05, 4.69) is 33.9 Å². The lowest BCUT2D eigenvalue weighted by Gasteiger charge is -2.42. The van der Waals surface area contributed by atoms with Gasteiger partial charge in [-0.3, -0.25) is 4.18 Å². The molecule has 0 saturated carbocycles. The van der Waals surface area contributed by atoms with Gasteiger partial charge < -0.3 is 13.9 Å². The number of hydrogen-bond donors (Lipinski definition) is 0. The van der Waals surface area contributed by atoms with Crippen molar-refractivity contribution in [2.45, 2.75) is 63.8 Å². The van der Waals surface area contributed by atoms with Gasteiger partial charge in [-0.1, -0.05) is 51.1 Å². The van der Waals surface area contributed by atoms with Crippen LogP contribution >= 0.6 is 0 Å². The molecule has 6 nitrogen and oxygen atoms in total. The molecule has 1 heterocycles. The molecule has 0 fully saturated rings. The smallest absolute Gasteiger partial charge is 0.264 e. The van der Waals surface area contributed by atoms with Crippen LogP contribution in [0.5, 0.6) is 0 Å². The average Bonchev–Trinajstić information content (AvgIpc) is 2.56. The van der Waals surface area contributed by atoms with Gasteiger partial charge in [-0.15, -0.1) is 0 Å². The van der Waals surface area contributed by atoms with Crippen LogP contribution in [-0.2, 0) is 34.8 Å². The molecule has 1 aliphatic rings. The van der Waals surface area contributed by atoms with Gasteiger partial charge in [-0.25, -0.2) is 0 Å². The molecule has 0 unspecified atom stereocenters. The van der Waals surface area contributed by atoms with E-state index in [-0.39, 0.29) is 11.6 Å². The second-order valence-corrected chi connectivity index (χ2v) is 15.0. The first kappa shape index (κ1) is 23.1. The molecule has 0 aromatic heterocycles. The normalized spacial score (nSPS) is 23.4. The minimum atomic E-state index is -3.69. The molecule has 1 aromatic rings. The summed E-state index contributed by atoms with van der Waals surface area (Å²) >= 11 is 0. The Labute approximate surface area is 170 Å². The molecular formula is C20H32O6SSi. The van der Waals surface area contributed by atoms with Gasteiger partial charge in [0.1, 0.15) is 6.10 Å². The molecule has 1 aliphatic heterocycles.